The van der Waals surface area contributed by atoms with Crippen molar-refractivity contribution in [2.75, 3.05) is 0 Å². The fourth-order valence-corrected chi connectivity index (χ4v) is 3.54. The zero-order chi connectivity index (χ0) is 18.7. The lowest BCUT2D eigenvalue weighted by molar-refractivity contribution is -0.137. The predicted octanol–water partition coefficient (Wildman–Crippen LogP) is 3.48. The largest absolute Gasteiger partial charge is 0.481 e. The molecule has 0 saturated heterocycles. The number of carbonyl (C=O) groups is 2. The van der Waals surface area contributed by atoms with E-state index >= 15 is 0 Å². The van der Waals surface area contributed by atoms with Crippen molar-refractivity contribution in [3.8, 4) is 0 Å². The number of carboxylic acid groups (broad SMARTS) is 1. The molecular weight excluding hydrogens is 320 g/mol. The maximum atomic E-state index is 12.1. The fraction of sp³-hybridized carbons (Fsp3) is 0.800. The Hall–Kier alpha value is -1.20. The number of hydrogen-bond donors (Lipinski definition) is 3. The minimum absolute atomic E-state index is 0.105. The van der Waals surface area contributed by atoms with Gasteiger partial charge in [-0.2, -0.15) is 0 Å². The van der Waals surface area contributed by atoms with Crippen LogP contribution in [0.2, 0.25) is 0 Å². The SMILES string of the molecule is CCCCC[C@H](O)/C=C/[C@H]1[C@H](CCCCCCC(=O)O)C(=O)C[C@@H]1O. The molecule has 1 fully saturated rings. The monoisotopic (exact) mass is 354 g/mol. The molecule has 25 heavy (non-hydrogen) atoms. The van der Waals surface area contributed by atoms with Crippen LogP contribution in [0.25, 0.3) is 0 Å². The van der Waals surface area contributed by atoms with Crippen LogP contribution >= 0.6 is 0 Å². The third-order valence-corrected chi connectivity index (χ3v) is 5.05. The van der Waals surface area contributed by atoms with Gasteiger partial charge in [-0.1, -0.05) is 57.6 Å². The summed E-state index contributed by atoms with van der Waals surface area (Å²) in [6.07, 6.45) is 10.7. The molecule has 0 aromatic heterocycles. The summed E-state index contributed by atoms with van der Waals surface area (Å²) in [5.41, 5.74) is 0. The van der Waals surface area contributed by atoms with E-state index in [0.29, 0.717) is 6.42 Å². The van der Waals surface area contributed by atoms with Gasteiger partial charge in [0.25, 0.3) is 0 Å². The second-order valence-electron chi connectivity index (χ2n) is 7.22. The number of rotatable bonds is 13. The molecule has 0 heterocycles. The van der Waals surface area contributed by atoms with Crippen molar-refractivity contribution in [1.82, 2.24) is 0 Å². The number of hydrogen-bond acceptors (Lipinski definition) is 4. The number of Topliss-reactive ketones (excluding diaryl/α,β-unsaturated/α-hetero) is 1. The van der Waals surface area contributed by atoms with Gasteiger partial charge < -0.3 is 15.3 Å². The molecule has 0 aromatic rings. The molecular formula is C20H34O5. The second-order valence-corrected chi connectivity index (χ2v) is 7.22. The molecule has 0 unspecified atom stereocenters. The Bertz CT molecular complexity index is 432. The second kappa shape index (κ2) is 12.2. The summed E-state index contributed by atoms with van der Waals surface area (Å²) < 4.78 is 0. The molecule has 0 spiro atoms. The highest BCUT2D eigenvalue weighted by Gasteiger charge is 2.39. The smallest absolute Gasteiger partial charge is 0.303 e. The van der Waals surface area contributed by atoms with Crippen LogP contribution in [0.1, 0.15) is 77.6 Å². The van der Waals surface area contributed by atoms with Crippen LogP contribution in [-0.2, 0) is 9.59 Å². The Morgan fingerprint density at radius 2 is 1.92 bits per heavy atom. The van der Waals surface area contributed by atoms with Gasteiger partial charge in [0.15, 0.2) is 0 Å². The van der Waals surface area contributed by atoms with E-state index in [2.05, 4.69) is 6.92 Å². The van der Waals surface area contributed by atoms with Crippen LogP contribution in [0.15, 0.2) is 12.2 Å². The van der Waals surface area contributed by atoms with E-state index < -0.39 is 18.2 Å². The molecule has 0 aromatic carbocycles. The summed E-state index contributed by atoms with van der Waals surface area (Å²) >= 11 is 0. The first-order valence-corrected chi connectivity index (χ1v) is 9.74. The average molecular weight is 354 g/mol. The first-order chi connectivity index (χ1) is 12.0. The van der Waals surface area contributed by atoms with E-state index in [0.717, 1.165) is 51.4 Å². The van der Waals surface area contributed by atoms with Crippen LogP contribution in [0.3, 0.4) is 0 Å². The average Bonchev–Trinajstić information content (AvgIpc) is 2.82. The lowest BCUT2D eigenvalue weighted by atomic mass is 9.88. The Morgan fingerprint density at radius 3 is 2.60 bits per heavy atom. The van der Waals surface area contributed by atoms with Crippen molar-refractivity contribution in [2.45, 2.75) is 89.8 Å². The molecule has 5 nitrogen and oxygen atoms in total. The molecule has 0 amide bonds. The van der Waals surface area contributed by atoms with Gasteiger partial charge in [-0.15, -0.1) is 0 Å². The highest BCUT2D eigenvalue weighted by Crippen LogP contribution is 2.34. The third-order valence-electron chi connectivity index (χ3n) is 5.05. The molecule has 0 radical (unpaired) electrons. The van der Waals surface area contributed by atoms with Gasteiger partial charge in [0.05, 0.1) is 12.2 Å². The third kappa shape index (κ3) is 8.63. The molecule has 0 bridgehead atoms. The van der Waals surface area contributed by atoms with Crippen LogP contribution < -0.4 is 0 Å². The van der Waals surface area contributed by atoms with E-state index in [1.807, 2.05) is 6.08 Å². The Kier molecular flexibility index (Phi) is 10.7. The summed E-state index contributed by atoms with van der Waals surface area (Å²) in [6, 6.07) is 0. The van der Waals surface area contributed by atoms with Gasteiger partial charge in [-0.25, -0.2) is 0 Å². The summed E-state index contributed by atoms with van der Waals surface area (Å²) in [6.45, 7) is 2.12. The highest BCUT2D eigenvalue weighted by molar-refractivity contribution is 5.84. The molecule has 3 N–H and O–H groups in total. The van der Waals surface area contributed by atoms with Crippen molar-refractivity contribution >= 4 is 11.8 Å². The highest BCUT2D eigenvalue weighted by atomic mass is 16.4. The number of ketones is 1. The number of aliphatic hydroxyl groups is 2. The van der Waals surface area contributed by atoms with E-state index in [4.69, 9.17) is 5.11 Å². The van der Waals surface area contributed by atoms with E-state index in [9.17, 15) is 19.8 Å². The topological polar surface area (TPSA) is 94.8 Å². The standard InChI is InChI=1S/C20H34O5/c1-2-3-6-9-15(21)12-13-17-16(18(22)14-19(17)23)10-7-4-5-8-11-20(24)25/h12-13,15-17,19,21,23H,2-11,14H2,1H3,(H,24,25)/b13-12+/t15-,16-,17-,19-/m0/s1. The van der Waals surface area contributed by atoms with E-state index in [1.165, 1.54) is 0 Å². The number of carboxylic acids is 1. The first-order valence-electron chi connectivity index (χ1n) is 9.74. The molecule has 1 saturated carbocycles. The van der Waals surface area contributed by atoms with Gasteiger partial charge in [-0.3, -0.25) is 9.59 Å². The van der Waals surface area contributed by atoms with Gasteiger partial charge in [0.2, 0.25) is 0 Å². The van der Waals surface area contributed by atoms with Gasteiger partial charge in [0.1, 0.15) is 5.78 Å². The lowest BCUT2D eigenvalue weighted by Gasteiger charge is -2.18. The number of aliphatic hydroxyl groups excluding tert-OH is 2. The number of unbranched alkanes of at least 4 members (excludes halogenated alkanes) is 5. The number of aliphatic carboxylic acids is 1. The Balaban J connectivity index is 2.39. The zero-order valence-corrected chi connectivity index (χ0v) is 15.4. The van der Waals surface area contributed by atoms with E-state index in [-0.39, 0.29) is 30.5 Å². The van der Waals surface area contributed by atoms with Crippen molar-refractivity contribution in [3.05, 3.63) is 12.2 Å². The van der Waals surface area contributed by atoms with Crippen LogP contribution in [0.5, 0.6) is 0 Å². The summed E-state index contributed by atoms with van der Waals surface area (Å²) in [4.78, 5) is 22.6. The van der Waals surface area contributed by atoms with Crippen molar-refractivity contribution < 1.29 is 24.9 Å². The minimum Gasteiger partial charge on any atom is -0.481 e. The first kappa shape index (κ1) is 21.8. The molecule has 0 aliphatic heterocycles. The van der Waals surface area contributed by atoms with Crippen molar-refractivity contribution in [2.24, 2.45) is 11.8 Å². The predicted molar refractivity (Wildman–Crippen MR) is 97.2 cm³/mol. The molecule has 1 aliphatic carbocycles. The van der Waals surface area contributed by atoms with Gasteiger partial charge >= 0.3 is 5.97 Å². The minimum atomic E-state index is -0.767. The molecule has 5 heteroatoms. The Morgan fingerprint density at radius 1 is 1.20 bits per heavy atom. The van der Waals surface area contributed by atoms with Crippen molar-refractivity contribution in [1.29, 1.82) is 0 Å². The maximum absolute atomic E-state index is 12.1. The summed E-state index contributed by atoms with van der Waals surface area (Å²) in [5.74, 6) is -1.04. The summed E-state index contributed by atoms with van der Waals surface area (Å²) in [5, 5.41) is 28.7. The van der Waals surface area contributed by atoms with Crippen molar-refractivity contribution in [3.63, 3.8) is 0 Å². The van der Waals surface area contributed by atoms with Gasteiger partial charge in [-0.05, 0) is 19.3 Å². The quantitative estimate of drug-likeness (QED) is 0.348. The fourth-order valence-electron chi connectivity index (χ4n) is 3.54. The number of carbonyl (C=O) groups excluding carboxylic acids is 1. The van der Waals surface area contributed by atoms with E-state index in [1.54, 1.807) is 6.08 Å². The maximum Gasteiger partial charge on any atom is 0.303 e. The van der Waals surface area contributed by atoms with Crippen LogP contribution in [0.4, 0.5) is 0 Å². The zero-order valence-electron chi connectivity index (χ0n) is 15.4. The normalized spacial score (nSPS) is 24.9. The molecule has 1 aliphatic rings. The summed E-state index contributed by atoms with van der Waals surface area (Å²) in [7, 11) is 0. The Labute approximate surface area is 151 Å². The molecule has 4 atom stereocenters. The molecule has 1 rings (SSSR count). The van der Waals surface area contributed by atoms with Crippen LogP contribution in [0, 0.1) is 11.8 Å². The van der Waals surface area contributed by atoms with Gasteiger partial charge in [0, 0.05) is 24.7 Å². The molecule has 144 valence electrons. The van der Waals surface area contributed by atoms with Crippen LogP contribution in [-0.4, -0.2) is 39.3 Å². The lowest BCUT2D eigenvalue weighted by Crippen LogP contribution is -2.19.